The number of amides is 1. The molecule has 1 amide bonds. The van der Waals surface area contributed by atoms with E-state index in [1.807, 2.05) is 41.8 Å². The molecule has 4 nitrogen and oxygen atoms in total. The van der Waals surface area contributed by atoms with Gasteiger partial charge in [-0.2, -0.15) is 0 Å². The van der Waals surface area contributed by atoms with Crippen LogP contribution in [0, 0.1) is 0 Å². The van der Waals surface area contributed by atoms with Crippen LogP contribution in [-0.2, 0) is 0 Å². The lowest BCUT2D eigenvalue weighted by atomic mass is 10.0. The first-order valence-electron chi connectivity index (χ1n) is 8.60. The van der Waals surface area contributed by atoms with Crippen molar-refractivity contribution in [3.8, 4) is 11.1 Å². The maximum atomic E-state index is 12.5. The molecule has 4 heteroatoms. The summed E-state index contributed by atoms with van der Waals surface area (Å²) < 4.78 is 1.84. The topological polar surface area (TPSA) is 46.4 Å². The summed E-state index contributed by atoms with van der Waals surface area (Å²) in [5, 5.41) is 3.06. The third-order valence-electron chi connectivity index (χ3n) is 4.52. The second kappa shape index (κ2) is 6.84. The summed E-state index contributed by atoms with van der Waals surface area (Å²) in [5.41, 5.74) is 4.86. The fourth-order valence-electron chi connectivity index (χ4n) is 3.01. The van der Waals surface area contributed by atoms with Crippen molar-refractivity contribution in [2.45, 2.75) is 13.0 Å². The van der Waals surface area contributed by atoms with Crippen LogP contribution >= 0.6 is 0 Å². The second-order valence-corrected chi connectivity index (χ2v) is 6.29. The molecule has 128 valence electrons. The molecule has 4 aromatic rings. The van der Waals surface area contributed by atoms with Crippen molar-refractivity contribution in [1.82, 2.24) is 14.7 Å². The molecule has 2 heterocycles. The summed E-state index contributed by atoms with van der Waals surface area (Å²) >= 11 is 0. The van der Waals surface area contributed by atoms with Gasteiger partial charge in [0.15, 0.2) is 0 Å². The molecule has 0 spiro atoms. The van der Waals surface area contributed by atoms with Crippen LogP contribution in [0.2, 0.25) is 0 Å². The zero-order valence-electron chi connectivity index (χ0n) is 14.5. The summed E-state index contributed by atoms with van der Waals surface area (Å²) in [7, 11) is 0. The SMILES string of the molecule is C[C@@H](NC(=O)c1ccc2nccn2c1)c1ccc(-c2ccccc2)cc1. The Kier molecular flexibility index (Phi) is 4.23. The van der Waals surface area contributed by atoms with E-state index in [-0.39, 0.29) is 11.9 Å². The Hall–Kier alpha value is -3.40. The lowest BCUT2D eigenvalue weighted by molar-refractivity contribution is 0.0939. The second-order valence-electron chi connectivity index (χ2n) is 6.29. The van der Waals surface area contributed by atoms with E-state index in [9.17, 15) is 4.79 Å². The van der Waals surface area contributed by atoms with Crippen LogP contribution in [0.1, 0.15) is 28.9 Å². The molecule has 1 N–H and O–H groups in total. The molecule has 2 aromatic carbocycles. The number of benzene rings is 2. The average Bonchev–Trinajstić information content (AvgIpc) is 3.16. The number of aromatic nitrogens is 2. The van der Waals surface area contributed by atoms with Crippen molar-refractivity contribution in [2.75, 3.05) is 0 Å². The highest BCUT2D eigenvalue weighted by Gasteiger charge is 2.12. The minimum absolute atomic E-state index is 0.0780. The molecule has 4 rings (SSSR count). The van der Waals surface area contributed by atoms with Crippen molar-refractivity contribution in [3.05, 3.63) is 96.4 Å². The van der Waals surface area contributed by atoms with Crippen molar-refractivity contribution in [1.29, 1.82) is 0 Å². The predicted octanol–water partition coefficient (Wildman–Crippen LogP) is 4.49. The number of pyridine rings is 1. The van der Waals surface area contributed by atoms with Gasteiger partial charge in [-0.05, 0) is 35.7 Å². The first-order chi connectivity index (χ1) is 12.7. The summed E-state index contributed by atoms with van der Waals surface area (Å²) in [6, 6.07) is 22.1. The number of nitrogens with one attached hydrogen (secondary N) is 1. The van der Waals surface area contributed by atoms with Gasteiger partial charge in [-0.1, -0.05) is 54.6 Å². The number of imidazole rings is 1. The van der Waals surface area contributed by atoms with Gasteiger partial charge in [-0.15, -0.1) is 0 Å². The van der Waals surface area contributed by atoms with Crippen LogP contribution in [0.3, 0.4) is 0 Å². The fraction of sp³-hybridized carbons (Fsp3) is 0.0909. The lowest BCUT2D eigenvalue weighted by Crippen LogP contribution is -2.26. The highest BCUT2D eigenvalue weighted by molar-refractivity contribution is 5.94. The molecular weight excluding hydrogens is 322 g/mol. The van der Waals surface area contributed by atoms with Gasteiger partial charge in [0.1, 0.15) is 5.65 Å². The number of hydrogen-bond donors (Lipinski definition) is 1. The minimum atomic E-state index is -0.0970. The van der Waals surface area contributed by atoms with Gasteiger partial charge in [0.25, 0.3) is 5.91 Å². The van der Waals surface area contributed by atoms with E-state index in [4.69, 9.17) is 0 Å². The van der Waals surface area contributed by atoms with Crippen LogP contribution in [0.25, 0.3) is 16.8 Å². The highest BCUT2D eigenvalue weighted by atomic mass is 16.1. The standard InChI is InChI=1S/C22H19N3O/c1-16(17-7-9-19(10-8-17)18-5-3-2-4-6-18)24-22(26)20-11-12-21-23-13-14-25(21)15-20/h2-16H,1H3,(H,24,26)/t16-/m1/s1. The van der Waals surface area contributed by atoms with Gasteiger partial charge in [-0.3, -0.25) is 4.79 Å². The van der Waals surface area contributed by atoms with Crippen molar-refractivity contribution in [3.63, 3.8) is 0 Å². The molecule has 1 atom stereocenters. The Morgan fingerprint density at radius 2 is 1.69 bits per heavy atom. The zero-order chi connectivity index (χ0) is 17.9. The maximum Gasteiger partial charge on any atom is 0.253 e. The van der Waals surface area contributed by atoms with E-state index < -0.39 is 0 Å². The average molecular weight is 341 g/mol. The highest BCUT2D eigenvalue weighted by Crippen LogP contribution is 2.22. The number of nitrogens with zero attached hydrogens (tertiary/aromatic N) is 2. The third kappa shape index (κ3) is 3.22. The van der Waals surface area contributed by atoms with Crippen LogP contribution < -0.4 is 5.32 Å². The Labute approximate surface area is 152 Å². The summed E-state index contributed by atoms with van der Waals surface area (Å²) in [6.45, 7) is 1.99. The van der Waals surface area contributed by atoms with Gasteiger partial charge in [-0.25, -0.2) is 4.98 Å². The first-order valence-corrected chi connectivity index (χ1v) is 8.60. The zero-order valence-corrected chi connectivity index (χ0v) is 14.5. The van der Waals surface area contributed by atoms with E-state index in [0.717, 1.165) is 11.2 Å². The normalized spacial score (nSPS) is 12.0. The Bertz CT molecular complexity index is 1040. The summed E-state index contributed by atoms with van der Waals surface area (Å²) in [6.07, 6.45) is 5.34. The van der Waals surface area contributed by atoms with Gasteiger partial charge >= 0.3 is 0 Å². The molecule has 0 saturated carbocycles. The van der Waals surface area contributed by atoms with Gasteiger partial charge in [0.2, 0.25) is 0 Å². The van der Waals surface area contributed by atoms with Crippen molar-refractivity contribution in [2.24, 2.45) is 0 Å². The maximum absolute atomic E-state index is 12.5. The minimum Gasteiger partial charge on any atom is -0.345 e. The fourth-order valence-corrected chi connectivity index (χ4v) is 3.01. The number of carbonyl (C=O) groups is 1. The van der Waals surface area contributed by atoms with E-state index in [1.165, 1.54) is 11.1 Å². The molecule has 0 unspecified atom stereocenters. The lowest BCUT2D eigenvalue weighted by Gasteiger charge is -2.15. The van der Waals surface area contributed by atoms with Crippen LogP contribution in [0.4, 0.5) is 0 Å². The van der Waals surface area contributed by atoms with Gasteiger partial charge in [0.05, 0.1) is 11.6 Å². The van der Waals surface area contributed by atoms with E-state index in [0.29, 0.717) is 5.56 Å². The van der Waals surface area contributed by atoms with E-state index >= 15 is 0 Å². The molecule has 26 heavy (non-hydrogen) atoms. The van der Waals surface area contributed by atoms with Crippen molar-refractivity contribution < 1.29 is 4.79 Å². The molecule has 2 aromatic heterocycles. The van der Waals surface area contributed by atoms with Crippen LogP contribution in [0.15, 0.2) is 85.3 Å². The number of hydrogen-bond acceptors (Lipinski definition) is 2. The molecular formula is C22H19N3O. The van der Waals surface area contributed by atoms with Gasteiger partial charge < -0.3 is 9.72 Å². The van der Waals surface area contributed by atoms with E-state index in [2.05, 4.69) is 46.7 Å². The monoisotopic (exact) mass is 341 g/mol. The quantitative estimate of drug-likeness (QED) is 0.594. The smallest absolute Gasteiger partial charge is 0.253 e. The number of rotatable bonds is 4. The van der Waals surface area contributed by atoms with Crippen LogP contribution in [-0.4, -0.2) is 15.3 Å². The molecule has 0 radical (unpaired) electrons. The molecule has 0 aliphatic rings. The molecule has 0 saturated heterocycles. The Balaban J connectivity index is 1.48. The van der Waals surface area contributed by atoms with E-state index in [1.54, 1.807) is 18.5 Å². The Morgan fingerprint density at radius 3 is 2.46 bits per heavy atom. The molecule has 0 fully saturated rings. The third-order valence-corrected chi connectivity index (χ3v) is 4.52. The van der Waals surface area contributed by atoms with Crippen LogP contribution in [0.5, 0.6) is 0 Å². The molecule has 0 aliphatic carbocycles. The summed E-state index contributed by atoms with van der Waals surface area (Å²) in [4.78, 5) is 16.7. The molecule has 0 aliphatic heterocycles. The largest absolute Gasteiger partial charge is 0.345 e. The molecule has 0 bridgehead atoms. The Morgan fingerprint density at radius 1 is 0.962 bits per heavy atom. The summed E-state index contributed by atoms with van der Waals surface area (Å²) in [5.74, 6) is -0.0970. The van der Waals surface area contributed by atoms with Crippen molar-refractivity contribution >= 4 is 11.6 Å². The predicted molar refractivity (Wildman–Crippen MR) is 103 cm³/mol. The number of fused-ring (bicyclic) bond motifs is 1. The first kappa shape index (κ1) is 16.1. The van der Waals surface area contributed by atoms with Gasteiger partial charge in [0, 0.05) is 18.6 Å². The number of carbonyl (C=O) groups excluding carboxylic acids is 1.